The molecule has 1 fully saturated rings. The molecule has 4 rings (SSSR count). The molecule has 1 atom stereocenters. The third kappa shape index (κ3) is 3.85. The van der Waals surface area contributed by atoms with E-state index in [4.69, 9.17) is 4.84 Å². The van der Waals surface area contributed by atoms with Gasteiger partial charge in [-0.15, -0.1) is 0 Å². The standard InChI is InChI=1S/C19H20F3N5O3/c20-19(21,22)17(29)30-27-14-6-7-24-16(28)15(14)26(12-13-4-2-1-3-5-13)18(27)25-10-8-23-9-11-25/h1-7,18,23H,8-12H2,(H,24,28). The van der Waals surface area contributed by atoms with E-state index in [-0.39, 0.29) is 17.9 Å². The van der Waals surface area contributed by atoms with Gasteiger partial charge < -0.3 is 20.0 Å². The number of H-pyrrole nitrogens is 1. The monoisotopic (exact) mass is 423 g/mol. The quantitative estimate of drug-likeness (QED) is 0.770. The van der Waals surface area contributed by atoms with Gasteiger partial charge in [0.1, 0.15) is 11.4 Å². The van der Waals surface area contributed by atoms with Crippen LogP contribution in [0.4, 0.5) is 24.5 Å². The number of aromatic amines is 1. The Bertz CT molecular complexity index is 960. The Hall–Kier alpha value is -3.05. The van der Waals surface area contributed by atoms with Gasteiger partial charge in [0, 0.05) is 38.9 Å². The summed E-state index contributed by atoms with van der Waals surface area (Å²) in [7, 11) is 0. The summed E-state index contributed by atoms with van der Waals surface area (Å²) in [6.45, 7) is 2.48. The number of carbonyl (C=O) groups excluding carboxylic acids is 1. The number of rotatable bonds is 4. The first-order valence-electron chi connectivity index (χ1n) is 9.41. The molecule has 0 radical (unpaired) electrons. The molecule has 0 aliphatic carbocycles. The molecule has 1 saturated heterocycles. The van der Waals surface area contributed by atoms with Crippen LogP contribution < -0.4 is 20.8 Å². The van der Waals surface area contributed by atoms with E-state index >= 15 is 0 Å². The van der Waals surface area contributed by atoms with Crippen molar-refractivity contribution in [3.63, 3.8) is 0 Å². The number of alkyl halides is 3. The fourth-order valence-electron chi connectivity index (χ4n) is 3.72. The van der Waals surface area contributed by atoms with E-state index in [2.05, 4.69) is 10.3 Å². The maximum Gasteiger partial charge on any atom is 0.493 e. The highest BCUT2D eigenvalue weighted by atomic mass is 19.4. The van der Waals surface area contributed by atoms with E-state index in [9.17, 15) is 22.8 Å². The number of piperazine rings is 1. The zero-order chi connectivity index (χ0) is 21.3. The van der Waals surface area contributed by atoms with Gasteiger partial charge in [0.2, 0.25) is 0 Å². The SMILES string of the molecule is O=C(ON1c2cc[nH]c(=O)c2N(Cc2ccccc2)C1N1CCNCC1)C(F)(F)F. The van der Waals surface area contributed by atoms with E-state index in [1.165, 1.54) is 12.3 Å². The number of nitrogens with zero attached hydrogens (tertiary/aromatic N) is 3. The molecule has 2 aliphatic heterocycles. The van der Waals surface area contributed by atoms with Gasteiger partial charge in [-0.1, -0.05) is 30.3 Å². The molecule has 1 aromatic heterocycles. The lowest BCUT2D eigenvalue weighted by atomic mass is 10.2. The summed E-state index contributed by atoms with van der Waals surface area (Å²) in [4.78, 5) is 35.2. The first kappa shape index (κ1) is 20.2. The van der Waals surface area contributed by atoms with Crippen molar-refractivity contribution in [3.8, 4) is 0 Å². The zero-order valence-corrected chi connectivity index (χ0v) is 15.9. The number of anilines is 2. The second-order valence-corrected chi connectivity index (χ2v) is 6.99. The molecule has 0 saturated carbocycles. The van der Waals surface area contributed by atoms with Crippen LogP contribution in [0.5, 0.6) is 0 Å². The smallest absolute Gasteiger partial charge is 0.329 e. The average Bonchev–Trinajstić information content (AvgIpc) is 3.03. The van der Waals surface area contributed by atoms with Crippen LogP contribution in [-0.4, -0.2) is 54.5 Å². The van der Waals surface area contributed by atoms with Crippen molar-refractivity contribution in [3.05, 3.63) is 58.5 Å². The number of carbonyl (C=O) groups is 1. The Morgan fingerprint density at radius 2 is 1.83 bits per heavy atom. The number of fused-ring (bicyclic) bond motifs is 1. The minimum Gasteiger partial charge on any atom is -0.329 e. The number of hydrogen-bond acceptors (Lipinski definition) is 7. The maximum absolute atomic E-state index is 13.0. The number of hydroxylamine groups is 1. The van der Waals surface area contributed by atoms with Crippen molar-refractivity contribution in [1.82, 2.24) is 15.2 Å². The summed E-state index contributed by atoms with van der Waals surface area (Å²) < 4.78 is 38.9. The number of hydrogen-bond donors (Lipinski definition) is 2. The molecule has 1 aromatic carbocycles. The van der Waals surface area contributed by atoms with Crippen LogP contribution in [0, 0.1) is 0 Å². The number of nitrogens with one attached hydrogen (secondary N) is 2. The van der Waals surface area contributed by atoms with Crippen molar-refractivity contribution in [2.24, 2.45) is 0 Å². The first-order chi connectivity index (χ1) is 14.4. The normalized spacial score (nSPS) is 19.6. The second kappa shape index (κ2) is 8.00. The first-order valence-corrected chi connectivity index (χ1v) is 9.41. The molecular weight excluding hydrogens is 403 g/mol. The fraction of sp³-hybridized carbons (Fsp3) is 0.368. The van der Waals surface area contributed by atoms with Crippen LogP contribution in [0.15, 0.2) is 47.4 Å². The number of benzene rings is 1. The van der Waals surface area contributed by atoms with Crippen molar-refractivity contribution >= 4 is 17.3 Å². The van der Waals surface area contributed by atoms with Crippen LogP contribution in [0.3, 0.4) is 0 Å². The minimum atomic E-state index is -5.16. The molecule has 0 amide bonds. The van der Waals surface area contributed by atoms with Crippen molar-refractivity contribution in [2.45, 2.75) is 19.0 Å². The number of pyridine rings is 1. The molecule has 0 spiro atoms. The molecule has 0 bridgehead atoms. The Morgan fingerprint density at radius 1 is 1.13 bits per heavy atom. The van der Waals surface area contributed by atoms with Crippen LogP contribution in [0.25, 0.3) is 0 Å². The predicted molar refractivity (Wildman–Crippen MR) is 103 cm³/mol. The highest BCUT2D eigenvalue weighted by molar-refractivity contribution is 5.81. The summed E-state index contributed by atoms with van der Waals surface area (Å²) in [6, 6.07) is 10.7. The van der Waals surface area contributed by atoms with Crippen molar-refractivity contribution in [1.29, 1.82) is 0 Å². The summed E-state index contributed by atoms with van der Waals surface area (Å²) in [5.41, 5.74) is 0.639. The lowest BCUT2D eigenvalue weighted by Crippen LogP contribution is -2.60. The Balaban J connectivity index is 1.78. The van der Waals surface area contributed by atoms with Gasteiger partial charge in [0.05, 0.1) is 0 Å². The van der Waals surface area contributed by atoms with E-state index in [0.717, 1.165) is 10.6 Å². The van der Waals surface area contributed by atoms with Crippen LogP contribution in [0.2, 0.25) is 0 Å². The van der Waals surface area contributed by atoms with E-state index in [0.29, 0.717) is 26.2 Å². The maximum atomic E-state index is 13.0. The Kier molecular flexibility index (Phi) is 5.39. The average molecular weight is 423 g/mol. The van der Waals surface area contributed by atoms with Gasteiger partial charge >= 0.3 is 12.1 Å². The number of aromatic nitrogens is 1. The largest absolute Gasteiger partial charge is 0.493 e. The Labute approximate surface area is 169 Å². The predicted octanol–water partition coefficient (Wildman–Crippen LogP) is 1.41. The minimum absolute atomic E-state index is 0.107. The molecule has 2 N–H and O–H groups in total. The topological polar surface area (TPSA) is 80.9 Å². The molecule has 2 aromatic rings. The molecule has 3 heterocycles. The molecule has 30 heavy (non-hydrogen) atoms. The molecular formula is C19H20F3N5O3. The summed E-state index contributed by atoms with van der Waals surface area (Å²) >= 11 is 0. The fourth-order valence-corrected chi connectivity index (χ4v) is 3.72. The highest BCUT2D eigenvalue weighted by Crippen LogP contribution is 2.40. The lowest BCUT2D eigenvalue weighted by Gasteiger charge is -2.41. The van der Waals surface area contributed by atoms with E-state index in [1.807, 2.05) is 35.2 Å². The summed E-state index contributed by atoms with van der Waals surface area (Å²) in [5.74, 6) is -2.34. The van der Waals surface area contributed by atoms with Gasteiger partial charge in [0.25, 0.3) is 5.56 Å². The molecule has 8 nitrogen and oxygen atoms in total. The van der Waals surface area contributed by atoms with Crippen LogP contribution in [0.1, 0.15) is 5.56 Å². The van der Waals surface area contributed by atoms with Crippen LogP contribution in [-0.2, 0) is 16.2 Å². The molecule has 1 unspecified atom stereocenters. The summed E-state index contributed by atoms with van der Waals surface area (Å²) in [5, 5.41) is 4.08. The van der Waals surface area contributed by atoms with Crippen molar-refractivity contribution in [2.75, 3.05) is 36.1 Å². The van der Waals surface area contributed by atoms with E-state index < -0.39 is 24.0 Å². The van der Waals surface area contributed by atoms with Gasteiger partial charge in [-0.05, 0) is 11.6 Å². The van der Waals surface area contributed by atoms with Gasteiger partial charge in [-0.25, -0.2) is 4.79 Å². The van der Waals surface area contributed by atoms with Gasteiger partial charge in [0.15, 0.2) is 6.29 Å². The number of halogens is 3. The zero-order valence-electron chi connectivity index (χ0n) is 15.9. The highest BCUT2D eigenvalue weighted by Gasteiger charge is 2.49. The molecule has 160 valence electrons. The van der Waals surface area contributed by atoms with Gasteiger partial charge in [-0.2, -0.15) is 18.2 Å². The van der Waals surface area contributed by atoms with Crippen LogP contribution >= 0.6 is 0 Å². The second-order valence-electron chi connectivity index (χ2n) is 6.99. The molecule has 11 heteroatoms. The third-order valence-corrected chi connectivity index (χ3v) is 5.01. The van der Waals surface area contributed by atoms with Crippen molar-refractivity contribution < 1.29 is 22.8 Å². The summed E-state index contributed by atoms with van der Waals surface area (Å²) in [6.07, 6.45) is -4.74. The van der Waals surface area contributed by atoms with E-state index in [1.54, 1.807) is 4.90 Å². The Morgan fingerprint density at radius 3 is 2.50 bits per heavy atom. The molecule has 2 aliphatic rings. The third-order valence-electron chi connectivity index (χ3n) is 5.01. The van der Waals surface area contributed by atoms with Gasteiger partial charge in [-0.3, -0.25) is 9.69 Å². The lowest BCUT2D eigenvalue weighted by molar-refractivity contribution is -0.203.